The average Bonchev–Trinajstić information content (AvgIpc) is 2.92. The van der Waals surface area contributed by atoms with Gasteiger partial charge in [0.15, 0.2) is 5.69 Å². The largest absolute Gasteiger partial charge is 0.490 e. The van der Waals surface area contributed by atoms with Crippen LogP contribution >= 0.6 is 0 Å². The maximum atomic E-state index is 10.7. The van der Waals surface area contributed by atoms with Gasteiger partial charge in [0.1, 0.15) is 6.33 Å². The Kier molecular flexibility index (Phi) is 5.81. The molecule has 2 rings (SSSR count). The first-order valence-electron chi connectivity index (χ1n) is 6.01. The van der Waals surface area contributed by atoms with Crippen molar-refractivity contribution in [3.8, 4) is 11.7 Å². The van der Waals surface area contributed by atoms with Crippen molar-refractivity contribution >= 4 is 11.9 Å². The van der Waals surface area contributed by atoms with E-state index in [1.54, 1.807) is 17.1 Å². The zero-order valence-electron chi connectivity index (χ0n) is 12.3. The molecule has 0 bridgehead atoms. The fourth-order valence-electron chi connectivity index (χ4n) is 1.32. The summed E-state index contributed by atoms with van der Waals surface area (Å²) in [5, 5.41) is 15.9. The Morgan fingerprint density at radius 2 is 1.83 bits per heavy atom. The topological polar surface area (TPSA) is 127 Å². The number of hydrogen-bond acceptors (Lipinski definition) is 6. The molecule has 2 aromatic heterocycles. The maximum Gasteiger partial charge on any atom is 0.490 e. The minimum absolute atomic E-state index is 0.141. The van der Waals surface area contributed by atoms with Gasteiger partial charge in [0.25, 0.3) is 5.88 Å². The Hall–Kier alpha value is -3.18. The number of carboxylic acid groups (broad SMARTS) is 2. The second kappa shape index (κ2) is 7.39. The predicted molar refractivity (Wildman–Crippen MR) is 71.1 cm³/mol. The fraction of sp³-hybridized carbons (Fsp3) is 0.250. The molecule has 2 N–H and O–H groups in total. The standard InChI is InChI=1S/C10H10N4O3.C2HF3O2/c1-6-4-14(5-12-6)8-9(17-2)13-7(3-11-8)10(15)16;3-2(4,5)1(6)7/h3-5H,1-2H3,(H,15,16);(H,6,7). The molecule has 0 amide bonds. The molecule has 0 atom stereocenters. The van der Waals surface area contributed by atoms with Crippen LogP contribution < -0.4 is 4.74 Å². The number of imidazole rings is 1. The first kappa shape index (κ1) is 18.9. The number of nitrogens with zero attached hydrogens (tertiary/aromatic N) is 4. The number of aryl methyl sites for hydroxylation is 1. The first-order chi connectivity index (χ1) is 11.1. The average molecular weight is 348 g/mol. The van der Waals surface area contributed by atoms with Gasteiger partial charge in [0.05, 0.1) is 19.0 Å². The summed E-state index contributed by atoms with van der Waals surface area (Å²) in [5.41, 5.74) is 0.651. The lowest BCUT2D eigenvalue weighted by atomic mass is 10.4. The lowest BCUT2D eigenvalue weighted by Crippen LogP contribution is -2.21. The fourth-order valence-corrected chi connectivity index (χ4v) is 1.32. The second-order valence-electron chi connectivity index (χ2n) is 4.12. The van der Waals surface area contributed by atoms with E-state index in [9.17, 15) is 18.0 Å². The molecule has 0 aliphatic carbocycles. The molecule has 0 radical (unpaired) electrons. The number of hydrogen-bond donors (Lipinski definition) is 2. The molecule has 0 saturated heterocycles. The van der Waals surface area contributed by atoms with Crippen LogP contribution in [0.5, 0.6) is 5.88 Å². The molecule has 12 heteroatoms. The van der Waals surface area contributed by atoms with E-state index in [-0.39, 0.29) is 11.6 Å². The van der Waals surface area contributed by atoms with Crippen molar-refractivity contribution in [1.29, 1.82) is 0 Å². The number of halogens is 3. The summed E-state index contributed by atoms with van der Waals surface area (Å²) < 4.78 is 38.4. The normalized spacial score (nSPS) is 10.5. The van der Waals surface area contributed by atoms with Gasteiger partial charge < -0.3 is 14.9 Å². The van der Waals surface area contributed by atoms with Crippen molar-refractivity contribution in [2.24, 2.45) is 0 Å². The van der Waals surface area contributed by atoms with E-state index < -0.39 is 18.1 Å². The van der Waals surface area contributed by atoms with Crippen LogP contribution in [0.1, 0.15) is 16.2 Å². The third-order valence-corrected chi connectivity index (χ3v) is 2.33. The van der Waals surface area contributed by atoms with Gasteiger partial charge in [-0.15, -0.1) is 0 Å². The molecule has 0 spiro atoms. The summed E-state index contributed by atoms with van der Waals surface area (Å²) in [6.07, 6.45) is -0.606. The molecule has 0 fully saturated rings. The minimum atomic E-state index is -5.08. The predicted octanol–water partition coefficient (Wildman–Crippen LogP) is 1.31. The number of alkyl halides is 3. The summed E-state index contributed by atoms with van der Waals surface area (Å²) >= 11 is 0. The van der Waals surface area contributed by atoms with E-state index >= 15 is 0 Å². The third kappa shape index (κ3) is 4.93. The van der Waals surface area contributed by atoms with Crippen LogP contribution in [0, 0.1) is 6.92 Å². The molecule has 130 valence electrons. The smallest absolute Gasteiger partial charge is 0.478 e. The van der Waals surface area contributed by atoms with Gasteiger partial charge in [-0.3, -0.25) is 4.57 Å². The lowest BCUT2D eigenvalue weighted by Gasteiger charge is -2.06. The van der Waals surface area contributed by atoms with Crippen LogP contribution in [0.15, 0.2) is 18.7 Å². The molecule has 9 nitrogen and oxygen atoms in total. The summed E-state index contributed by atoms with van der Waals surface area (Å²) in [7, 11) is 1.41. The molecular weight excluding hydrogens is 337 g/mol. The van der Waals surface area contributed by atoms with E-state index in [0.29, 0.717) is 5.82 Å². The highest BCUT2D eigenvalue weighted by molar-refractivity contribution is 5.85. The number of carbonyl (C=O) groups is 2. The SMILES string of the molecule is COc1nc(C(=O)O)cnc1-n1cnc(C)c1.O=C(O)C(F)(F)F. The Morgan fingerprint density at radius 1 is 1.25 bits per heavy atom. The number of aromatic nitrogens is 4. The van der Waals surface area contributed by atoms with Crippen molar-refractivity contribution in [3.63, 3.8) is 0 Å². The highest BCUT2D eigenvalue weighted by atomic mass is 19.4. The van der Waals surface area contributed by atoms with E-state index in [1.807, 2.05) is 6.92 Å². The highest BCUT2D eigenvalue weighted by Crippen LogP contribution is 2.18. The summed E-state index contributed by atoms with van der Waals surface area (Å²) in [6.45, 7) is 1.84. The van der Waals surface area contributed by atoms with Crippen LogP contribution in [0.2, 0.25) is 0 Å². The molecule has 0 aliphatic heterocycles. The summed E-state index contributed by atoms with van der Waals surface area (Å²) in [6, 6.07) is 0. The highest BCUT2D eigenvalue weighted by Gasteiger charge is 2.38. The van der Waals surface area contributed by atoms with Crippen LogP contribution in [-0.2, 0) is 4.79 Å². The van der Waals surface area contributed by atoms with Crippen molar-refractivity contribution in [2.75, 3.05) is 7.11 Å². The van der Waals surface area contributed by atoms with Gasteiger partial charge in [-0.2, -0.15) is 13.2 Å². The molecule has 24 heavy (non-hydrogen) atoms. The van der Waals surface area contributed by atoms with E-state index in [1.165, 1.54) is 13.3 Å². The Balaban J connectivity index is 0.000000351. The summed E-state index contributed by atoms with van der Waals surface area (Å²) in [5.74, 6) is -3.36. The van der Waals surface area contributed by atoms with Gasteiger partial charge in [-0.05, 0) is 6.92 Å². The number of rotatable bonds is 3. The van der Waals surface area contributed by atoms with Crippen LogP contribution in [0.3, 0.4) is 0 Å². The number of aromatic carboxylic acids is 1. The van der Waals surface area contributed by atoms with Gasteiger partial charge in [-0.1, -0.05) is 0 Å². The van der Waals surface area contributed by atoms with Crippen LogP contribution in [0.25, 0.3) is 5.82 Å². The van der Waals surface area contributed by atoms with Crippen LogP contribution in [-0.4, -0.2) is 55.0 Å². The van der Waals surface area contributed by atoms with Gasteiger partial charge in [-0.25, -0.2) is 24.5 Å². The van der Waals surface area contributed by atoms with Gasteiger partial charge >= 0.3 is 18.1 Å². The zero-order valence-corrected chi connectivity index (χ0v) is 12.3. The molecule has 0 aromatic carbocycles. The van der Waals surface area contributed by atoms with Crippen molar-refractivity contribution in [2.45, 2.75) is 13.1 Å². The van der Waals surface area contributed by atoms with Crippen molar-refractivity contribution < 1.29 is 37.7 Å². The summed E-state index contributed by atoms with van der Waals surface area (Å²) in [4.78, 5) is 31.5. The maximum absolute atomic E-state index is 10.7. The molecule has 0 aliphatic rings. The first-order valence-corrected chi connectivity index (χ1v) is 6.01. The number of ether oxygens (including phenoxy) is 1. The second-order valence-corrected chi connectivity index (χ2v) is 4.12. The Bertz CT molecular complexity index is 745. The lowest BCUT2D eigenvalue weighted by molar-refractivity contribution is -0.192. The molecule has 0 unspecified atom stereocenters. The molecule has 2 heterocycles. The monoisotopic (exact) mass is 348 g/mol. The van der Waals surface area contributed by atoms with Gasteiger partial charge in [0.2, 0.25) is 5.82 Å². The molecule has 2 aromatic rings. The number of aliphatic carboxylic acids is 1. The van der Waals surface area contributed by atoms with Crippen molar-refractivity contribution in [1.82, 2.24) is 19.5 Å². The number of carboxylic acids is 2. The molecular formula is C12H11F3N4O5. The van der Waals surface area contributed by atoms with Crippen LogP contribution in [0.4, 0.5) is 13.2 Å². The Morgan fingerprint density at radius 3 is 2.21 bits per heavy atom. The number of methoxy groups -OCH3 is 1. The van der Waals surface area contributed by atoms with E-state index in [0.717, 1.165) is 5.69 Å². The minimum Gasteiger partial charge on any atom is -0.478 e. The zero-order chi connectivity index (χ0) is 18.5. The Labute approximate surface area is 132 Å². The van der Waals surface area contributed by atoms with E-state index in [2.05, 4.69) is 15.0 Å². The van der Waals surface area contributed by atoms with E-state index in [4.69, 9.17) is 19.7 Å². The van der Waals surface area contributed by atoms with Gasteiger partial charge in [0, 0.05) is 6.20 Å². The third-order valence-electron chi connectivity index (χ3n) is 2.33. The van der Waals surface area contributed by atoms with Crippen molar-refractivity contribution in [3.05, 3.63) is 30.1 Å². The quantitative estimate of drug-likeness (QED) is 0.850. The molecule has 0 saturated carbocycles.